The van der Waals surface area contributed by atoms with Crippen molar-refractivity contribution in [1.29, 1.82) is 0 Å². The standard InChI is InChI=1S/C11H8F2/c1-2-11(5-6-11)9-4-3-8(12)7-10(9)13/h1,3-4,7H,5-6H2. The van der Waals surface area contributed by atoms with E-state index in [0.29, 0.717) is 5.56 Å². The summed E-state index contributed by atoms with van der Waals surface area (Å²) in [5.74, 6) is 1.47. The maximum absolute atomic E-state index is 13.2. The Kier molecular flexibility index (Phi) is 1.63. The fraction of sp³-hybridized carbons (Fsp3) is 0.273. The van der Waals surface area contributed by atoms with Crippen LogP contribution in [0.15, 0.2) is 18.2 Å². The zero-order valence-corrected chi connectivity index (χ0v) is 6.98. The summed E-state index contributed by atoms with van der Waals surface area (Å²) in [7, 11) is 0. The molecule has 1 fully saturated rings. The molecule has 1 saturated carbocycles. The second-order valence-electron chi connectivity index (χ2n) is 3.35. The molecule has 0 nitrogen and oxygen atoms in total. The Balaban J connectivity index is 2.48. The molecule has 2 heteroatoms. The van der Waals surface area contributed by atoms with E-state index < -0.39 is 17.0 Å². The van der Waals surface area contributed by atoms with Gasteiger partial charge in [0.25, 0.3) is 0 Å². The van der Waals surface area contributed by atoms with Gasteiger partial charge in [-0.2, -0.15) is 0 Å². The van der Waals surface area contributed by atoms with Gasteiger partial charge < -0.3 is 0 Å². The summed E-state index contributed by atoms with van der Waals surface area (Å²) in [6.07, 6.45) is 6.89. The highest BCUT2D eigenvalue weighted by Crippen LogP contribution is 2.48. The Bertz CT molecular complexity index is 384. The molecule has 0 saturated heterocycles. The summed E-state index contributed by atoms with van der Waals surface area (Å²) >= 11 is 0. The van der Waals surface area contributed by atoms with Crippen molar-refractivity contribution in [2.24, 2.45) is 0 Å². The number of benzene rings is 1. The maximum atomic E-state index is 13.2. The molecule has 0 heterocycles. The van der Waals surface area contributed by atoms with E-state index in [9.17, 15) is 8.78 Å². The van der Waals surface area contributed by atoms with Crippen molar-refractivity contribution in [1.82, 2.24) is 0 Å². The van der Waals surface area contributed by atoms with Crippen molar-refractivity contribution in [3.05, 3.63) is 35.4 Å². The van der Waals surface area contributed by atoms with E-state index in [4.69, 9.17) is 6.42 Å². The van der Waals surface area contributed by atoms with Crippen molar-refractivity contribution in [3.8, 4) is 12.3 Å². The maximum Gasteiger partial charge on any atom is 0.130 e. The van der Waals surface area contributed by atoms with E-state index in [1.54, 1.807) is 0 Å². The summed E-state index contributed by atoms with van der Waals surface area (Å²) in [5.41, 5.74) is 0.00836. The van der Waals surface area contributed by atoms with Gasteiger partial charge in [-0.25, -0.2) is 8.78 Å². The van der Waals surface area contributed by atoms with Crippen LogP contribution >= 0.6 is 0 Å². The first-order valence-corrected chi connectivity index (χ1v) is 4.11. The minimum Gasteiger partial charge on any atom is -0.207 e. The largest absolute Gasteiger partial charge is 0.207 e. The molecule has 0 N–H and O–H groups in total. The molecule has 0 spiro atoms. The number of hydrogen-bond donors (Lipinski definition) is 0. The van der Waals surface area contributed by atoms with Crippen LogP contribution in [0.1, 0.15) is 18.4 Å². The predicted molar refractivity (Wildman–Crippen MR) is 46.1 cm³/mol. The van der Waals surface area contributed by atoms with E-state index in [0.717, 1.165) is 18.9 Å². The van der Waals surface area contributed by atoms with Crippen LogP contribution in [0.25, 0.3) is 0 Å². The third-order valence-electron chi connectivity index (χ3n) is 2.47. The lowest BCUT2D eigenvalue weighted by molar-refractivity contribution is 0.566. The third kappa shape index (κ3) is 1.21. The molecule has 0 aliphatic heterocycles. The summed E-state index contributed by atoms with van der Waals surface area (Å²) in [4.78, 5) is 0. The minimum atomic E-state index is -0.561. The van der Waals surface area contributed by atoms with Gasteiger partial charge in [0.15, 0.2) is 0 Å². The monoisotopic (exact) mass is 178 g/mol. The number of terminal acetylenes is 1. The van der Waals surface area contributed by atoms with Crippen LogP contribution in [0.2, 0.25) is 0 Å². The van der Waals surface area contributed by atoms with Crippen LogP contribution in [-0.4, -0.2) is 0 Å². The lowest BCUT2D eigenvalue weighted by Gasteiger charge is -2.08. The highest BCUT2D eigenvalue weighted by molar-refractivity contribution is 5.41. The molecular weight excluding hydrogens is 170 g/mol. The van der Waals surface area contributed by atoms with Gasteiger partial charge in [-0.3, -0.25) is 0 Å². The average molecular weight is 178 g/mol. The first-order chi connectivity index (χ1) is 6.18. The van der Waals surface area contributed by atoms with E-state index in [2.05, 4.69) is 5.92 Å². The predicted octanol–water partition coefficient (Wildman–Crippen LogP) is 2.63. The zero-order valence-electron chi connectivity index (χ0n) is 6.98. The molecule has 1 aliphatic rings. The zero-order chi connectivity index (χ0) is 9.47. The fourth-order valence-electron chi connectivity index (χ4n) is 1.49. The Morgan fingerprint density at radius 2 is 2.00 bits per heavy atom. The van der Waals surface area contributed by atoms with Crippen LogP contribution in [-0.2, 0) is 5.41 Å². The SMILES string of the molecule is C#CC1(c2ccc(F)cc2F)CC1. The molecule has 0 amide bonds. The molecule has 1 aromatic carbocycles. The minimum absolute atomic E-state index is 0.447. The molecule has 1 aromatic rings. The highest BCUT2D eigenvalue weighted by Gasteiger charge is 2.44. The van der Waals surface area contributed by atoms with Crippen molar-refractivity contribution in [3.63, 3.8) is 0 Å². The molecule has 0 radical (unpaired) electrons. The van der Waals surface area contributed by atoms with Gasteiger partial charge in [-0.15, -0.1) is 6.42 Å². The Morgan fingerprint density at radius 3 is 2.46 bits per heavy atom. The smallest absolute Gasteiger partial charge is 0.130 e. The molecule has 0 unspecified atom stereocenters. The lowest BCUT2D eigenvalue weighted by Crippen LogP contribution is -2.05. The molecule has 13 heavy (non-hydrogen) atoms. The molecule has 0 bridgehead atoms. The summed E-state index contributed by atoms with van der Waals surface area (Å²) < 4.78 is 25.8. The summed E-state index contributed by atoms with van der Waals surface area (Å²) in [6, 6.07) is 3.57. The van der Waals surface area contributed by atoms with E-state index in [1.165, 1.54) is 12.1 Å². The van der Waals surface area contributed by atoms with E-state index >= 15 is 0 Å². The fourth-order valence-corrected chi connectivity index (χ4v) is 1.49. The quantitative estimate of drug-likeness (QED) is 0.580. The van der Waals surface area contributed by atoms with Crippen LogP contribution in [0.5, 0.6) is 0 Å². The van der Waals surface area contributed by atoms with Crippen molar-refractivity contribution >= 4 is 0 Å². The van der Waals surface area contributed by atoms with Crippen LogP contribution in [0.3, 0.4) is 0 Å². The average Bonchev–Trinajstić information content (AvgIpc) is 2.85. The van der Waals surface area contributed by atoms with E-state index in [-0.39, 0.29) is 0 Å². The lowest BCUT2D eigenvalue weighted by atomic mass is 9.96. The highest BCUT2D eigenvalue weighted by atomic mass is 19.1. The van der Waals surface area contributed by atoms with Gasteiger partial charge in [0.1, 0.15) is 11.6 Å². The van der Waals surface area contributed by atoms with Gasteiger partial charge in [0, 0.05) is 11.6 Å². The second-order valence-corrected chi connectivity index (χ2v) is 3.35. The van der Waals surface area contributed by atoms with Crippen molar-refractivity contribution in [2.75, 3.05) is 0 Å². The Labute approximate surface area is 75.6 Å². The molecule has 0 aromatic heterocycles. The molecular formula is C11H8F2. The normalized spacial score (nSPS) is 17.9. The molecule has 1 aliphatic carbocycles. The van der Waals surface area contributed by atoms with Gasteiger partial charge in [0.2, 0.25) is 0 Å². The third-order valence-corrected chi connectivity index (χ3v) is 2.47. The summed E-state index contributed by atoms with van der Waals surface area (Å²) in [6.45, 7) is 0. The number of rotatable bonds is 1. The molecule has 66 valence electrons. The topological polar surface area (TPSA) is 0 Å². The van der Waals surface area contributed by atoms with Crippen LogP contribution in [0, 0.1) is 24.0 Å². The number of hydrogen-bond acceptors (Lipinski definition) is 0. The van der Waals surface area contributed by atoms with Gasteiger partial charge in [0.05, 0.1) is 5.41 Å². The van der Waals surface area contributed by atoms with Crippen molar-refractivity contribution < 1.29 is 8.78 Å². The second kappa shape index (κ2) is 2.56. The van der Waals surface area contributed by atoms with Crippen LogP contribution in [0.4, 0.5) is 8.78 Å². The first-order valence-electron chi connectivity index (χ1n) is 4.11. The number of halogens is 2. The Hall–Kier alpha value is -1.36. The van der Waals surface area contributed by atoms with Crippen LogP contribution < -0.4 is 0 Å². The van der Waals surface area contributed by atoms with Gasteiger partial charge in [-0.1, -0.05) is 12.0 Å². The first kappa shape index (κ1) is 8.25. The van der Waals surface area contributed by atoms with Gasteiger partial charge in [-0.05, 0) is 18.9 Å². The van der Waals surface area contributed by atoms with Gasteiger partial charge >= 0.3 is 0 Å². The Morgan fingerprint density at radius 1 is 1.31 bits per heavy atom. The van der Waals surface area contributed by atoms with Crippen molar-refractivity contribution in [2.45, 2.75) is 18.3 Å². The summed E-state index contributed by atoms with van der Waals surface area (Å²) in [5, 5.41) is 0. The molecule has 0 atom stereocenters. The molecule has 2 rings (SSSR count). The van der Waals surface area contributed by atoms with E-state index in [1.807, 2.05) is 0 Å².